The van der Waals surface area contributed by atoms with Crippen LogP contribution in [0.5, 0.6) is 0 Å². The fourth-order valence-corrected chi connectivity index (χ4v) is 3.90. The van der Waals surface area contributed by atoms with Crippen LogP contribution in [0.2, 0.25) is 0 Å². The Morgan fingerprint density at radius 1 is 1.33 bits per heavy atom. The van der Waals surface area contributed by atoms with E-state index in [0.29, 0.717) is 26.2 Å². The number of fused-ring (bicyclic) bond motifs is 1. The van der Waals surface area contributed by atoms with Gasteiger partial charge < -0.3 is 15.1 Å². The second-order valence-electron chi connectivity index (χ2n) is 6.26. The van der Waals surface area contributed by atoms with Gasteiger partial charge in [0.25, 0.3) is 5.91 Å². The lowest BCUT2D eigenvalue weighted by Crippen LogP contribution is -2.48. The van der Waals surface area contributed by atoms with E-state index in [1.807, 2.05) is 6.92 Å². The number of piperidine rings is 1. The minimum absolute atomic E-state index is 0.0142. The quantitative estimate of drug-likeness (QED) is 0.714. The van der Waals surface area contributed by atoms with Crippen molar-refractivity contribution >= 4 is 18.0 Å². The monoisotopic (exact) mass is 294 g/mol. The number of amides is 5. The summed E-state index contributed by atoms with van der Waals surface area (Å²) < 4.78 is 0. The number of nitrogens with zero attached hydrogens (tertiary/aromatic N) is 3. The maximum absolute atomic E-state index is 12.3. The second-order valence-corrected chi connectivity index (χ2v) is 6.26. The van der Waals surface area contributed by atoms with Crippen LogP contribution in [0.15, 0.2) is 0 Å². The Labute approximate surface area is 124 Å². The molecule has 5 amide bonds. The van der Waals surface area contributed by atoms with Crippen molar-refractivity contribution in [1.82, 2.24) is 20.0 Å². The zero-order valence-corrected chi connectivity index (χ0v) is 12.6. The summed E-state index contributed by atoms with van der Waals surface area (Å²) >= 11 is 0. The summed E-state index contributed by atoms with van der Waals surface area (Å²) in [5.74, 6) is -0.0481. The van der Waals surface area contributed by atoms with E-state index in [9.17, 15) is 14.4 Å². The molecule has 3 fully saturated rings. The molecular weight excluding hydrogens is 272 g/mol. The third kappa shape index (κ3) is 2.06. The average Bonchev–Trinajstić information content (AvgIpc) is 2.96. The highest BCUT2D eigenvalue weighted by molar-refractivity contribution is 6.04. The number of hydrogen-bond donors (Lipinski definition) is 1. The number of nitrogens with one attached hydrogen (secondary N) is 1. The van der Waals surface area contributed by atoms with Gasteiger partial charge in [-0.05, 0) is 31.6 Å². The molecule has 1 unspecified atom stereocenters. The van der Waals surface area contributed by atoms with Crippen LogP contribution in [0.25, 0.3) is 0 Å². The maximum atomic E-state index is 12.3. The van der Waals surface area contributed by atoms with Gasteiger partial charge >= 0.3 is 12.1 Å². The zero-order chi connectivity index (χ0) is 15.2. The third-order valence-corrected chi connectivity index (χ3v) is 5.18. The van der Waals surface area contributed by atoms with Crippen LogP contribution >= 0.6 is 0 Å². The molecule has 3 aliphatic heterocycles. The minimum Gasteiger partial charge on any atom is -0.341 e. The summed E-state index contributed by atoms with van der Waals surface area (Å²) in [4.78, 5) is 41.0. The Kier molecular flexibility index (Phi) is 3.30. The number of likely N-dealkylation sites (N-methyl/N-ethyl adjacent to an activating group) is 1. The van der Waals surface area contributed by atoms with Crippen molar-refractivity contribution in [3.63, 3.8) is 0 Å². The van der Waals surface area contributed by atoms with Crippen LogP contribution in [-0.2, 0) is 4.79 Å². The van der Waals surface area contributed by atoms with Crippen LogP contribution in [0.4, 0.5) is 9.59 Å². The topological polar surface area (TPSA) is 73.0 Å². The van der Waals surface area contributed by atoms with Crippen molar-refractivity contribution in [2.75, 3.05) is 33.2 Å². The van der Waals surface area contributed by atoms with Gasteiger partial charge in [-0.2, -0.15) is 0 Å². The molecule has 3 heterocycles. The average molecular weight is 294 g/mol. The van der Waals surface area contributed by atoms with Gasteiger partial charge in [0.1, 0.15) is 6.04 Å². The largest absolute Gasteiger partial charge is 0.341 e. The summed E-state index contributed by atoms with van der Waals surface area (Å²) in [6.07, 6.45) is 2.47. The lowest BCUT2D eigenvalue weighted by atomic mass is 9.76. The van der Waals surface area contributed by atoms with Crippen LogP contribution in [-0.4, -0.2) is 71.9 Å². The van der Waals surface area contributed by atoms with Crippen LogP contribution in [0, 0.1) is 5.41 Å². The number of rotatable bonds is 1. The van der Waals surface area contributed by atoms with Crippen molar-refractivity contribution in [3.05, 3.63) is 0 Å². The molecule has 7 heteroatoms. The van der Waals surface area contributed by atoms with Crippen molar-refractivity contribution < 1.29 is 14.4 Å². The first kappa shape index (κ1) is 14.2. The molecule has 0 bridgehead atoms. The third-order valence-electron chi connectivity index (χ3n) is 5.18. The molecule has 0 radical (unpaired) electrons. The smallest absolute Gasteiger partial charge is 0.327 e. The van der Waals surface area contributed by atoms with Gasteiger partial charge in [0.15, 0.2) is 0 Å². The predicted octanol–water partition coefficient (Wildman–Crippen LogP) is 0.464. The molecule has 0 aliphatic carbocycles. The second kappa shape index (κ2) is 4.89. The predicted molar refractivity (Wildman–Crippen MR) is 75.6 cm³/mol. The number of urea groups is 2. The van der Waals surface area contributed by atoms with Gasteiger partial charge in [-0.1, -0.05) is 0 Å². The van der Waals surface area contributed by atoms with Crippen molar-refractivity contribution in [2.24, 2.45) is 5.41 Å². The van der Waals surface area contributed by atoms with Crippen LogP contribution < -0.4 is 5.32 Å². The molecule has 3 aliphatic rings. The normalized spacial score (nSPS) is 27.5. The molecule has 0 saturated carbocycles. The van der Waals surface area contributed by atoms with E-state index in [-0.39, 0.29) is 29.4 Å². The molecule has 0 aromatic carbocycles. The Morgan fingerprint density at radius 3 is 2.52 bits per heavy atom. The SMILES string of the molecule is CCN1C(=O)C2CC3(CCN(C(=O)NC)CC3)CN2C1=O. The van der Waals surface area contributed by atoms with Crippen LogP contribution in [0.3, 0.4) is 0 Å². The molecule has 0 aromatic rings. The Hall–Kier alpha value is -1.79. The molecule has 7 nitrogen and oxygen atoms in total. The van der Waals surface area contributed by atoms with E-state index in [1.54, 1.807) is 16.8 Å². The number of carbonyl (C=O) groups excluding carboxylic acids is 3. The van der Waals surface area contributed by atoms with Crippen molar-refractivity contribution in [2.45, 2.75) is 32.2 Å². The van der Waals surface area contributed by atoms with Gasteiger partial charge in [0.2, 0.25) is 0 Å². The van der Waals surface area contributed by atoms with Gasteiger partial charge in [-0.25, -0.2) is 9.59 Å². The van der Waals surface area contributed by atoms with Gasteiger partial charge in [-0.3, -0.25) is 9.69 Å². The van der Waals surface area contributed by atoms with Gasteiger partial charge in [-0.15, -0.1) is 0 Å². The van der Waals surface area contributed by atoms with Gasteiger partial charge in [0, 0.05) is 33.2 Å². The highest BCUT2D eigenvalue weighted by atomic mass is 16.2. The van der Waals surface area contributed by atoms with Crippen molar-refractivity contribution in [1.29, 1.82) is 0 Å². The van der Waals surface area contributed by atoms with Gasteiger partial charge in [0.05, 0.1) is 0 Å². The highest BCUT2D eigenvalue weighted by Crippen LogP contribution is 2.46. The van der Waals surface area contributed by atoms with Crippen LogP contribution in [0.1, 0.15) is 26.2 Å². The molecule has 0 aromatic heterocycles. The van der Waals surface area contributed by atoms with E-state index in [0.717, 1.165) is 19.3 Å². The first-order valence-electron chi connectivity index (χ1n) is 7.60. The molecule has 1 spiro atoms. The maximum Gasteiger partial charge on any atom is 0.327 e. The summed E-state index contributed by atoms with van der Waals surface area (Å²) in [6, 6.07) is -0.463. The number of likely N-dealkylation sites (tertiary alicyclic amines) is 1. The molecule has 116 valence electrons. The Balaban J connectivity index is 1.68. The first-order valence-corrected chi connectivity index (χ1v) is 7.60. The Bertz CT molecular complexity index is 459. The first-order chi connectivity index (χ1) is 10.0. The Morgan fingerprint density at radius 2 is 2.00 bits per heavy atom. The van der Waals surface area contributed by atoms with E-state index in [1.165, 1.54) is 4.90 Å². The standard InChI is InChI=1S/C14H22N4O3/c1-3-17-11(19)10-8-14(9-18(10)13(17)21)4-6-16(7-5-14)12(20)15-2/h10H,3-9H2,1-2H3,(H,15,20). The molecule has 3 saturated heterocycles. The lowest BCUT2D eigenvalue weighted by molar-refractivity contribution is -0.128. The minimum atomic E-state index is -0.274. The molecule has 1 atom stereocenters. The number of imide groups is 1. The molecular formula is C14H22N4O3. The number of carbonyl (C=O) groups is 3. The van der Waals surface area contributed by atoms with E-state index in [4.69, 9.17) is 0 Å². The lowest BCUT2D eigenvalue weighted by Gasteiger charge is -2.39. The summed E-state index contributed by atoms with van der Waals surface area (Å²) in [7, 11) is 1.63. The molecule has 3 rings (SSSR count). The van der Waals surface area contributed by atoms with Crippen molar-refractivity contribution in [3.8, 4) is 0 Å². The number of hydrogen-bond acceptors (Lipinski definition) is 3. The highest BCUT2D eigenvalue weighted by Gasteiger charge is 2.56. The fourth-order valence-electron chi connectivity index (χ4n) is 3.90. The molecule has 1 N–H and O–H groups in total. The zero-order valence-electron chi connectivity index (χ0n) is 12.6. The van der Waals surface area contributed by atoms with E-state index < -0.39 is 0 Å². The summed E-state index contributed by atoms with van der Waals surface area (Å²) in [6.45, 7) is 4.32. The fraction of sp³-hybridized carbons (Fsp3) is 0.786. The summed E-state index contributed by atoms with van der Waals surface area (Å²) in [5, 5.41) is 2.64. The van der Waals surface area contributed by atoms with E-state index >= 15 is 0 Å². The van der Waals surface area contributed by atoms with E-state index in [2.05, 4.69) is 5.32 Å². The molecule has 21 heavy (non-hydrogen) atoms. The summed E-state index contributed by atoms with van der Waals surface area (Å²) in [5.41, 5.74) is 0.0142.